The molecular formula is C15H26O. The first-order chi connectivity index (χ1) is 7.34. The van der Waals surface area contributed by atoms with Crippen LogP contribution in [0.5, 0.6) is 0 Å². The molecule has 1 fully saturated rings. The van der Waals surface area contributed by atoms with Gasteiger partial charge in [0.2, 0.25) is 0 Å². The summed E-state index contributed by atoms with van der Waals surface area (Å²) in [5.74, 6) is 0.594. The van der Waals surface area contributed by atoms with Crippen molar-refractivity contribution >= 4 is 0 Å². The largest absolute Gasteiger partial charge is 0.389 e. The van der Waals surface area contributed by atoms with E-state index in [-0.39, 0.29) is 6.10 Å². The van der Waals surface area contributed by atoms with Crippen LogP contribution in [0, 0.1) is 11.3 Å². The second-order valence-electron chi connectivity index (χ2n) is 5.93. The molecule has 0 heterocycles. The Labute approximate surface area is 100 Å². The van der Waals surface area contributed by atoms with Crippen molar-refractivity contribution in [2.45, 2.75) is 59.0 Å². The predicted molar refractivity (Wildman–Crippen MR) is 70.3 cm³/mol. The number of rotatable bonds is 4. The average molecular weight is 222 g/mol. The molecule has 1 N–H and O–H groups in total. The standard InChI is InChI=1S/C15H26O/c1-11(13(3)16)8-9-14-12(2)7-6-10-15(14,4)5/h13-14,16H,1-2,6-10H2,3-5H3. The van der Waals surface area contributed by atoms with Gasteiger partial charge in [-0.3, -0.25) is 0 Å². The van der Waals surface area contributed by atoms with Crippen LogP contribution >= 0.6 is 0 Å². The summed E-state index contributed by atoms with van der Waals surface area (Å²) in [6.45, 7) is 14.6. The minimum absolute atomic E-state index is 0.369. The highest BCUT2D eigenvalue weighted by Crippen LogP contribution is 2.45. The summed E-state index contributed by atoms with van der Waals surface area (Å²) < 4.78 is 0. The first-order valence-corrected chi connectivity index (χ1v) is 6.38. The lowest BCUT2D eigenvalue weighted by Gasteiger charge is -2.40. The monoisotopic (exact) mass is 222 g/mol. The molecule has 1 rings (SSSR count). The molecule has 1 heteroatoms. The van der Waals surface area contributed by atoms with E-state index in [0.717, 1.165) is 18.4 Å². The highest BCUT2D eigenvalue weighted by molar-refractivity contribution is 5.11. The van der Waals surface area contributed by atoms with Crippen LogP contribution in [-0.2, 0) is 0 Å². The van der Waals surface area contributed by atoms with Crippen molar-refractivity contribution in [1.82, 2.24) is 0 Å². The molecule has 1 nitrogen and oxygen atoms in total. The molecule has 0 aromatic rings. The topological polar surface area (TPSA) is 20.2 Å². The minimum Gasteiger partial charge on any atom is -0.389 e. The zero-order chi connectivity index (χ0) is 12.3. The maximum absolute atomic E-state index is 9.42. The van der Waals surface area contributed by atoms with Crippen molar-refractivity contribution in [3.63, 3.8) is 0 Å². The van der Waals surface area contributed by atoms with E-state index in [1.165, 1.54) is 24.8 Å². The lowest BCUT2D eigenvalue weighted by Crippen LogP contribution is -2.29. The third kappa shape index (κ3) is 3.21. The fourth-order valence-corrected chi connectivity index (χ4v) is 2.81. The van der Waals surface area contributed by atoms with Gasteiger partial charge in [0.15, 0.2) is 0 Å². The number of aliphatic hydroxyl groups excluding tert-OH is 1. The fourth-order valence-electron chi connectivity index (χ4n) is 2.81. The van der Waals surface area contributed by atoms with Gasteiger partial charge >= 0.3 is 0 Å². The van der Waals surface area contributed by atoms with E-state index in [0.29, 0.717) is 11.3 Å². The molecule has 0 aromatic heterocycles. The van der Waals surface area contributed by atoms with Crippen LogP contribution in [0.25, 0.3) is 0 Å². The SMILES string of the molecule is C=C(CCC1C(=C)CCCC1(C)C)C(C)O. The molecule has 0 aromatic carbocycles. The second-order valence-corrected chi connectivity index (χ2v) is 5.93. The van der Waals surface area contributed by atoms with Crippen molar-refractivity contribution in [2.24, 2.45) is 11.3 Å². The van der Waals surface area contributed by atoms with Gasteiger partial charge in [0, 0.05) is 0 Å². The molecule has 2 unspecified atom stereocenters. The molecule has 2 atom stereocenters. The summed E-state index contributed by atoms with van der Waals surface area (Å²) in [5.41, 5.74) is 2.72. The zero-order valence-electron chi connectivity index (χ0n) is 11.1. The molecule has 1 aliphatic carbocycles. The van der Waals surface area contributed by atoms with Crippen LogP contribution in [0.4, 0.5) is 0 Å². The van der Waals surface area contributed by atoms with E-state index in [9.17, 15) is 5.11 Å². The maximum Gasteiger partial charge on any atom is 0.0719 e. The van der Waals surface area contributed by atoms with E-state index >= 15 is 0 Å². The Morgan fingerprint density at radius 1 is 1.56 bits per heavy atom. The molecule has 0 bridgehead atoms. The van der Waals surface area contributed by atoms with E-state index in [2.05, 4.69) is 27.0 Å². The molecule has 92 valence electrons. The van der Waals surface area contributed by atoms with Crippen LogP contribution in [0.1, 0.15) is 52.9 Å². The second kappa shape index (κ2) is 5.18. The summed E-state index contributed by atoms with van der Waals surface area (Å²) in [7, 11) is 0. The molecule has 16 heavy (non-hydrogen) atoms. The third-order valence-corrected chi connectivity index (χ3v) is 4.10. The first-order valence-electron chi connectivity index (χ1n) is 6.38. The number of hydrogen-bond donors (Lipinski definition) is 1. The molecule has 0 saturated heterocycles. The van der Waals surface area contributed by atoms with Gasteiger partial charge < -0.3 is 5.11 Å². The van der Waals surface area contributed by atoms with Crippen molar-refractivity contribution in [2.75, 3.05) is 0 Å². The van der Waals surface area contributed by atoms with Crippen LogP contribution in [-0.4, -0.2) is 11.2 Å². The van der Waals surface area contributed by atoms with Gasteiger partial charge in [-0.1, -0.05) is 32.6 Å². The Hall–Kier alpha value is -0.560. The van der Waals surface area contributed by atoms with Crippen LogP contribution in [0.15, 0.2) is 24.3 Å². The number of allylic oxidation sites excluding steroid dienone is 1. The predicted octanol–water partition coefficient (Wildman–Crippen LogP) is 4.09. The summed E-state index contributed by atoms with van der Waals surface area (Å²) in [5, 5.41) is 9.42. The molecule has 1 saturated carbocycles. The lowest BCUT2D eigenvalue weighted by molar-refractivity contribution is 0.174. The Morgan fingerprint density at radius 2 is 2.19 bits per heavy atom. The van der Waals surface area contributed by atoms with Crippen molar-refractivity contribution in [3.05, 3.63) is 24.3 Å². The van der Waals surface area contributed by atoms with Crippen LogP contribution < -0.4 is 0 Å². The van der Waals surface area contributed by atoms with Gasteiger partial charge in [-0.2, -0.15) is 0 Å². The van der Waals surface area contributed by atoms with Gasteiger partial charge in [0.25, 0.3) is 0 Å². The van der Waals surface area contributed by atoms with Gasteiger partial charge in [0.1, 0.15) is 0 Å². The van der Waals surface area contributed by atoms with Crippen LogP contribution in [0.2, 0.25) is 0 Å². The fraction of sp³-hybridized carbons (Fsp3) is 0.733. The van der Waals surface area contributed by atoms with Gasteiger partial charge in [-0.25, -0.2) is 0 Å². The Balaban J connectivity index is 2.56. The quantitative estimate of drug-likeness (QED) is 0.710. The van der Waals surface area contributed by atoms with Crippen molar-refractivity contribution in [3.8, 4) is 0 Å². The highest BCUT2D eigenvalue weighted by Gasteiger charge is 2.34. The highest BCUT2D eigenvalue weighted by atomic mass is 16.3. The summed E-state index contributed by atoms with van der Waals surface area (Å²) in [6, 6.07) is 0. The molecule has 1 aliphatic rings. The van der Waals surface area contributed by atoms with E-state index in [4.69, 9.17) is 0 Å². The van der Waals surface area contributed by atoms with Crippen molar-refractivity contribution in [1.29, 1.82) is 0 Å². The average Bonchev–Trinajstić information content (AvgIpc) is 2.15. The Kier molecular flexibility index (Phi) is 4.37. The zero-order valence-corrected chi connectivity index (χ0v) is 11.1. The number of hydrogen-bond acceptors (Lipinski definition) is 1. The lowest BCUT2D eigenvalue weighted by atomic mass is 9.65. The molecule has 0 radical (unpaired) electrons. The summed E-state index contributed by atoms with van der Waals surface area (Å²) in [6.07, 6.45) is 5.38. The molecular weight excluding hydrogens is 196 g/mol. The minimum atomic E-state index is -0.375. The smallest absolute Gasteiger partial charge is 0.0719 e. The molecule has 0 aliphatic heterocycles. The summed E-state index contributed by atoms with van der Waals surface area (Å²) in [4.78, 5) is 0. The maximum atomic E-state index is 9.42. The molecule has 0 amide bonds. The van der Waals surface area contributed by atoms with Gasteiger partial charge in [0.05, 0.1) is 6.10 Å². The third-order valence-electron chi connectivity index (χ3n) is 4.10. The van der Waals surface area contributed by atoms with Gasteiger partial charge in [-0.15, -0.1) is 0 Å². The normalized spacial score (nSPS) is 26.5. The molecule has 0 spiro atoms. The van der Waals surface area contributed by atoms with Crippen LogP contribution in [0.3, 0.4) is 0 Å². The van der Waals surface area contributed by atoms with Crippen molar-refractivity contribution < 1.29 is 5.11 Å². The Morgan fingerprint density at radius 3 is 2.69 bits per heavy atom. The van der Waals surface area contributed by atoms with E-state index < -0.39 is 0 Å². The summed E-state index contributed by atoms with van der Waals surface area (Å²) >= 11 is 0. The van der Waals surface area contributed by atoms with Gasteiger partial charge in [-0.05, 0) is 55.9 Å². The Bertz CT molecular complexity index is 273. The van der Waals surface area contributed by atoms with E-state index in [1.807, 2.05) is 0 Å². The first kappa shape index (κ1) is 13.5. The van der Waals surface area contributed by atoms with E-state index in [1.54, 1.807) is 6.92 Å². The number of aliphatic hydroxyl groups is 1.